The zero-order valence-electron chi connectivity index (χ0n) is 11.4. The van der Waals surface area contributed by atoms with E-state index in [1.165, 1.54) is 0 Å². The van der Waals surface area contributed by atoms with Crippen molar-refractivity contribution in [1.82, 2.24) is 4.72 Å². The van der Waals surface area contributed by atoms with Crippen molar-refractivity contribution in [2.24, 2.45) is 11.8 Å². The van der Waals surface area contributed by atoms with Crippen LogP contribution < -0.4 is 4.72 Å². The van der Waals surface area contributed by atoms with Crippen molar-refractivity contribution in [1.29, 1.82) is 0 Å². The molecule has 2 aliphatic carbocycles. The fraction of sp³-hybridized carbons (Fsp3) is 0.923. The lowest BCUT2D eigenvalue weighted by Crippen LogP contribution is -2.21. The first-order valence-electron chi connectivity index (χ1n) is 6.85. The summed E-state index contributed by atoms with van der Waals surface area (Å²) in [6.45, 7) is 8.27. The van der Waals surface area contributed by atoms with E-state index in [0.717, 1.165) is 44.3 Å². The summed E-state index contributed by atoms with van der Waals surface area (Å²) in [6.07, 6.45) is 5.47. The molecule has 100 valence electrons. The maximum absolute atomic E-state index is 11.6. The number of hydrogen-bond donors (Lipinski definition) is 1. The van der Waals surface area contributed by atoms with Gasteiger partial charge in [-0.15, -0.1) is 0 Å². The summed E-state index contributed by atoms with van der Waals surface area (Å²) in [6, 6.07) is 0. The number of hydrogen-bond acceptors (Lipinski definition) is 3. The minimum atomic E-state index is 0.0751. The monoisotopic (exact) mass is 259 g/mol. The summed E-state index contributed by atoms with van der Waals surface area (Å²) < 4.78 is 8.39. The second-order valence-corrected chi connectivity index (χ2v) is 5.22. The summed E-state index contributed by atoms with van der Waals surface area (Å²) in [5.41, 5.74) is 0.0751. The van der Waals surface area contributed by atoms with Crippen LogP contribution in [0.5, 0.6) is 0 Å². The van der Waals surface area contributed by atoms with Crippen LogP contribution in [0.15, 0.2) is 0 Å². The summed E-state index contributed by atoms with van der Waals surface area (Å²) in [4.78, 5) is 11.6. The van der Waals surface area contributed by atoms with Gasteiger partial charge in [-0.05, 0) is 31.6 Å². The molecule has 2 atom stereocenters. The van der Waals surface area contributed by atoms with Gasteiger partial charge in [-0.1, -0.05) is 34.1 Å². The fourth-order valence-electron chi connectivity index (χ4n) is 1.88. The number of rotatable bonds is 6. The molecule has 1 amide bonds. The van der Waals surface area contributed by atoms with Gasteiger partial charge in [0.15, 0.2) is 0 Å². The van der Waals surface area contributed by atoms with E-state index in [1.807, 2.05) is 13.8 Å². The molecule has 0 bridgehead atoms. The normalized spacial score (nSPS) is 27.8. The van der Waals surface area contributed by atoms with Crippen molar-refractivity contribution in [2.45, 2.75) is 65.4 Å². The van der Waals surface area contributed by atoms with Crippen LogP contribution in [0.3, 0.4) is 0 Å². The fourth-order valence-corrected chi connectivity index (χ4v) is 2.62. The van der Waals surface area contributed by atoms with Crippen molar-refractivity contribution in [3.8, 4) is 0 Å². The molecule has 2 aliphatic rings. The van der Waals surface area contributed by atoms with Gasteiger partial charge in [0.25, 0.3) is 0 Å². The molecule has 0 saturated heterocycles. The predicted octanol–water partition coefficient (Wildman–Crippen LogP) is 3.70. The van der Waals surface area contributed by atoms with Gasteiger partial charge in [-0.3, -0.25) is 13.7 Å². The maximum Gasteiger partial charge on any atom is 0.234 e. The Morgan fingerprint density at radius 1 is 1.41 bits per heavy atom. The van der Waals surface area contributed by atoms with E-state index >= 15 is 0 Å². The van der Waals surface area contributed by atoms with Gasteiger partial charge in [0.05, 0.1) is 5.60 Å². The predicted molar refractivity (Wildman–Crippen MR) is 72.3 cm³/mol. The van der Waals surface area contributed by atoms with Gasteiger partial charge < -0.3 is 0 Å². The topological polar surface area (TPSA) is 38.3 Å². The lowest BCUT2D eigenvalue weighted by Gasteiger charge is -2.12. The van der Waals surface area contributed by atoms with Gasteiger partial charge in [-0.25, -0.2) is 0 Å². The Morgan fingerprint density at radius 2 is 2.06 bits per heavy atom. The lowest BCUT2D eigenvalue weighted by atomic mass is 10.2. The van der Waals surface area contributed by atoms with Crippen molar-refractivity contribution in [3.63, 3.8) is 0 Å². The molecule has 0 aromatic rings. The molecule has 2 fully saturated rings. The Morgan fingerprint density at radius 3 is 2.47 bits per heavy atom. The average Bonchev–Trinajstić information content (AvgIpc) is 3.26. The highest BCUT2D eigenvalue weighted by atomic mass is 32.2. The lowest BCUT2D eigenvalue weighted by molar-refractivity contribution is -0.120. The van der Waals surface area contributed by atoms with Crippen LogP contribution in [-0.2, 0) is 8.98 Å². The minimum absolute atomic E-state index is 0.0751. The van der Waals surface area contributed by atoms with E-state index in [2.05, 4.69) is 18.6 Å². The Balaban J connectivity index is 0.000000686. The highest BCUT2D eigenvalue weighted by Gasteiger charge is 2.44. The van der Waals surface area contributed by atoms with Crippen LogP contribution in [0, 0.1) is 11.8 Å². The van der Waals surface area contributed by atoms with Gasteiger partial charge in [0.1, 0.15) is 12.2 Å². The Bertz CT molecular complexity index is 254. The number of carbonyl (C=O) groups is 1. The molecule has 0 unspecified atom stereocenters. The third kappa shape index (κ3) is 4.18. The largest absolute Gasteiger partial charge is 0.290 e. The van der Waals surface area contributed by atoms with Crippen molar-refractivity contribution in [3.05, 3.63) is 0 Å². The molecule has 17 heavy (non-hydrogen) atoms. The van der Waals surface area contributed by atoms with Crippen LogP contribution >= 0.6 is 12.2 Å². The Kier molecular flexibility index (Phi) is 5.80. The summed E-state index contributed by atoms with van der Waals surface area (Å²) in [5, 5.41) is 0. The number of carbonyl (C=O) groups excluding carboxylic acids is 1. The van der Waals surface area contributed by atoms with E-state index in [1.54, 1.807) is 0 Å². The summed E-state index contributed by atoms with van der Waals surface area (Å²) >= 11 is 1.14. The van der Waals surface area contributed by atoms with E-state index in [4.69, 9.17) is 4.18 Å². The maximum atomic E-state index is 11.6. The second kappa shape index (κ2) is 6.64. The first-order valence-corrected chi connectivity index (χ1v) is 7.59. The molecule has 2 rings (SSSR count). The molecule has 0 aromatic carbocycles. The first-order chi connectivity index (χ1) is 8.21. The smallest absolute Gasteiger partial charge is 0.234 e. The first kappa shape index (κ1) is 14.8. The average molecular weight is 259 g/mol. The van der Waals surface area contributed by atoms with E-state index < -0.39 is 0 Å². The van der Waals surface area contributed by atoms with Crippen LogP contribution in [0.2, 0.25) is 0 Å². The minimum Gasteiger partial charge on any atom is -0.290 e. The van der Waals surface area contributed by atoms with Crippen molar-refractivity contribution in [2.75, 3.05) is 0 Å². The molecule has 1 N–H and O–H groups in total. The quantitative estimate of drug-likeness (QED) is 0.584. The summed E-state index contributed by atoms with van der Waals surface area (Å²) in [5.74, 6) is 1.02. The Hall–Kier alpha value is -0.220. The number of amides is 1. The second-order valence-electron chi connectivity index (χ2n) is 4.68. The number of nitrogens with one attached hydrogen (secondary N) is 1. The van der Waals surface area contributed by atoms with Crippen LogP contribution in [0.4, 0.5) is 0 Å². The molecule has 4 heteroatoms. The van der Waals surface area contributed by atoms with Gasteiger partial charge in [0.2, 0.25) is 5.91 Å². The molecule has 0 heterocycles. The van der Waals surface area contributed by atoms with Crippen molar-refractivity contribution < 1.29 is 8.98 Å². The van der Waals surface area contributed by atoms with E-state index in [9.17, 15) is 4.79 Å². The van der Waals surface area contributed by atoms with Gasteiger partial charge in [0, 0.05) is 5.92 Å². The molecule has 0 spiro atoms. The zero-order chi connectivity index (χ0) is 12.9. The van der Waals surface area contributed by atoms with Crippen LogP contribution in [0.25, 0.3) is 0 Å². The van der Waals surface area contributed by atoms with Crippen LogP contribution in [-0.4, -0.2) is 11.5 Å². The molecule has 0 aromatic heterocycles. The standard InChI is InChI=1S/C11H19NO2S.C2H6/c1-3-8-7-9(8)10(13)12-15-14-11(4-2)5-6-11;1-2/h8-9H,3-7H2,1-2H3,(H,12,13);1-2H3/t8-,9+;/m1./s1. The van der Waals surface area contributed by atoms with Gasteiger partial charge >= 0.3 is 0 Å². The molecule has 2 saturated carbocycles. The third-order valence-electron chi connectivity index (χ3n) is 3.60. The molecule has 0 aliphatic heterocycles. The van der Waals surface area contributed by atoms with E-state index in [0.29, 0.717) is 5.92 Å². The Labute approximate surface area is 109 Å². The molecule has 0 radical (unpaired) electrons. The highest BCUT2D eigenvalue weighted by Crippen LogP contribution is 2.45. The van der Waals surface area contributed by atoms with Gasteiger partial charge in [-0.2, -0.15) is 0 Å². The molecular formula is C13H25NO2S. The van der Waals surface area contributed by atoms with Crippen LogP contribution in [0.1, 0.15) is 59.8 Å². The third-order valence-corrected chi connectivity index (χ3v) is 4.32. The summed E-state index contributed by atoms with van der Waals surface area (Å²) in [7, 11) is 0. The molecule has 3 nitrogen and oxygen atoms in total. The zero-order valence-corrected chi connectivity index (χ0v) is 12.2. The highest BCUT2D eigenvalue weighted by molar-refractivity contribution is 7.93. The molecular weight excluding hydrogens is 234 g/mol. The van der Waals surface area contributed by atoms with E-state index in [-0.39, 0.29) is 17.4 Å². The SMILES string of the molecule is CC.CC[C@@H]1C[C@@H]1C(=O)NSOC1(CC)CC1. The van der Waals surface area contributed by atoms with Crippen molar-refractivity contribution >= 4 is 18.1 Å².